The molecule has 1 N–H and O–H groups in total. The molecule has 1 aromatic heterocycles. The van der Waals surface area contributed by atoms with Crippen molar-refractivity contribution in [2.24, 2.45) is 34.5 Å². The normalized spacial score (nSPS) is 43.2. The van der Waals surface area contributed by atoms with Gasteiger partial charge in [-0.15, -0.1) is 0 Å². The number of halogens is 1. The predicted molar refractivity (Wildman–Crippen MR) is 119 cm³/mol. The molecule has 0 amide bonds. The molecule has 1 aromatic rings. The molecule has 3 fully saturated rings. The molecule has 0 bridgehead atoms. The Kier molecular flexibility index (Phi) is 5.40. The van der Waals surface area contributed by atoms with E-state index in [4.69, 9.17) is 4.74 Å². The van der Waals surface area contributed by atoms with E-state index in [1.54, 1.807) is 4.57 Å². The van der Waals surface area contributed by atoms with Crippen LogP contribution in [0.15, 0.2) is 24.2 Å². The number of rotatable bonds is 5. The number of fused-ring (bicyclic) bond motifs is 5. The second-order valence-corrected chi connectivity index (χ2v) is 11.6. The summed E-state index contributed by atoms with van der Waals surface area (Å²) in [7, 11) is 1.82. The van der Waals surface area contributed by atoms with Crippen LogP contribution < -0.4 is 0 Å². The first-order valence-corrected chi connectivity index (χ1v) is 12.3. The van der Waals surface area contributed by atoms with Crippen LogP contribution in [0.25, 0.3) is 0 Å². The van der Waals surface area contributed by atoms with E-state index < -0.39 is 11.5 Å². The van der Waals surface area contributed by atoms with E-state index in [0.29, 0.717) is 23.7 Å². The lowest BCUT2D eigenvalue weighted by atomic mass is 9.43. The highest BCUT2D eigenvalue weighted by atomic mass is 19.1. The summed E-state index contributed by atoms with van der Waals surface area (Å²) in [5.41, 5.74) is 0.449. The number of methoxy groups -OCH3 is 1. The fourth-order valence-electron chi connectivity index (χ4n) is 8.45. The highest BCUT2D eigenvalue weighted by Gasteiger charge is 2.61. The van der Waals surface area contributed by atoms with Crippen LogP contribution in [0, 0.1) is 40.4 Å². The largest absolute Gasteiger partial charge is 0.390 e. The van der Waals surface area contributed by atoms with E-state index in [1.807, 2.05) is 14.0 Å². The fourth-order valence-corrected chi connectivity index (χ4v) is 8.45. The van der Waals surface area contributed by atoms with Crippen LogP contribution in [0.2, 0.25) is 0 Å². The number of hydrogen-bond acceptors (Lipinski definition) is 4. The van der Waals surface area contributed by atoms with E-state index in [1.165, 1.54) is 18.9 Å². The van der Waals surface area contributed by atoms with Gasteiger partial charge in [0.25, 0.3) is 0 Å². The SMILES string of the molecule is COC[C@]12CC[C@@](C)(O)C[C@H]1CC[C@@H]1[C@@H]2CC[C@]2(C)C(C(=O)Cn3cnc(F)c3)=CC[C@@H]12. The predicted octanol–water partition coefficient (Wildman–Crippen LogP) is 4.55. The minimum atomic E-state index is -0.556. The van der Waals surface area contributed by atoms with Crippen molar-refractivity contribution < 1.29 is 19.0 Å². The Labute approximate surface area is 190 Å². The average molecular weight is 445 g/mol. The number of nitrogens with zero attached hydrogens (tertiary/aromatic N) is 2. The number of Topliss-reactive ketones (excluding diaryl/α,β-unsaturated/α-hetero) is 1. The molecule has 5 rings (SSSR count). The number of carbonyl (C=O) groups is 1. The lowest BCUT2D eigenvalue weighted by molar-refractivity contribution is -0.170. The second kappa shape index (κ2) is 7.76. The maximum absolute atomic E-state index is 13.3. The molecule has 3 saturated carbocycles. The van der Waals surface area contributed by atoms with E-state index in [-0.39, 0.29) is 23.2 Å². The number of aromatic nitrogens is 2. The molecule has 7 atom stereocenters. The molecular weight excluding hydrogens is 407 g/mol. The molecule has 4 aliphatic rings. The number of imidazole rings is 1. The van der Waals surface area contributed by atoms with Crippen LogP contribution in [0.5, 0.6) is 0 Å². The Balaban J connectivity index is 1.38. The number of hydrogen-bond donors (Lipinski definition) is 1. The topological polar surface area (TPSA) is 64.3 Å². The number of ketones is 1. The van der Waals surface area contributed by atoms with Crippen molar-refractivity contribution in [3.8, 4) is 0 Å². The first kappa shape index (κ1) is 22.3. The molecule has 32 heavy (non-hydrogen) atoms. The van der Waals surface area contributed by atoms with Crippen molar-refractivity contribution in [2.45, 2.75) is 77.4 Å². The summed E-state index contributed by atoms with van der Waals surface area (Å²) in [4.78, 5) is 16.8. The van der Waals surface area contributed by atoms with Crippen LogP contribution >= 0.6 is 0 Å². The highest BCUT2D eigenvalue weighted by molar-refractivity contribution is 5.97. The summed E-state index contributed by atoms with van der Waals surface area (Å²) in [5, 5.41) is 10.8. The van der Waals surface area contributed by atoms with Gasteiger partial charge in [0.15, 0.2) is 5.78 Å². The Morgan fingerprint density at radius 2 is 2.06 bits per heavy atom. The first-order valence-electron chi connectivity index (χ1n) is 12.3. The van der Waals surface area contributed by atoms with Crippen molar-refractivity contribution in [1.82, 2.24) is 9.55 Å². The quantitative estimate of drug-likeness (QED) is 0.724. The third kappa shape index (κ3) is 3.40. The lowest BCUT2D eigenvalue weighted by Crippen LogP contribution is -2.58. The molecule has 4 aliphatic carbocycles. The molecule has 0 aliphatic heterocycles. The molecule has 0 radical (unpaired) electrons. The lowest BCUT2D eigenvalue weighted by Gasteiger charge is -2.62. The monoisotopic (exact) mass is 444 g/mol. The Morgan fingerprint density at radius 1 is 1.25 bits per heavy atom. The number of aliphatic hydroxyl groups is 1. The minimum absolute atomic E-state index is 0.0971. The zero-order valence-corrected chi connectivity index (χ0v) is 19.6. The maximum atomic E-state index is 13.3. The molecule has 0 saturated heterocycles. The van der Waals surface area contributed by atoms with Gasteiger partial charge in [0, 0.05) is 7.11 Å². The Morgan fingerprint density at radius 3 is 2.78 bits per heavy atom. The number of allylic oxidation sites excluding steroid dienone is 2. The molecule has 6 heteroatoms. The van der Waals surface area contributed by atoms with Gasteiger partial charge in [-0.3, -0.25) is 4.79 Å². The van der Waals surface area contributed by atoms with Crippen LogP contribution in [0.3, 0.4) is 0 Å². The fraction of sp³-hybridized carbons (Fsp3) is 0.769. The smallest absolute Gasteiger partial charge is 0.230 e. The molecule has 0 spiro atoms. The highest BCUT2D eigenvalue weighted by Crippen LogP contribution is 2.67. The van der Waals surface area contributed by atoms with Crippen molar-refractivity contribution in [1.29, 1.82) is 0 Å². The van der Waals surface area contributed by atoms with E-state index >= 15 is 0 Å². The summed E-state index contributed by atoms with van der Waals surface area (Å²) in [5.74, 6) is 1.74. The Hall–Kier alpha value is -1.53. The Bertz CT molecular complexity index is 924. The third-order valence-electron chi connectivity index (χ3n) is 9.87. The molecule has 1 heterocycles. The molecule has 5 nitrogen and oxygen atoms in total. The molecular formula is C26H37FN2O3. The first-order chi connectivity index (χ1) is 15.2. The van der Waals surface area contributed by atoms with Gasteiger partial charge in [0.05, 0.1) is 31.3 Å². The van der Waals surface area contributed by atoms with E-state index in [9.17, 15) is 14.3 Å². The van der Waals surface area contributed by atoms with E-state index in [2.05, 4.69) is 18.0 Å². The summed E-state index contributed by atoms with van der Waals surface area (Å²) in [6.45, 7) is 5.23. The van der Waals surface area contributed by atoms with Gasteiger partial charge in [0.2, 0.25) is 5.95 Å². The minimum Gasteiger partial charge on any atom is -0.390 e. The zero-order chi connectivity index (χ0) is 22.7. The van der Waals surface area contributed by atoms with Crippen LogP contribution in [-0.4, -0.2) is 39.8 Å². The van der Waals surface area contributed by atoms with Gasteiger partial charge < -0.3 is 14.4 Å². The van der Waals surface area contributed by atoms with Gasteiger partial charge >= 0.3 is 0 Å². The number of carbonyl (C=O) groups excluding carboxylic acids is 1. The standard InChI is InChI=1S/C26H37FN2O3/c1-24(31)10-11-26(15-32-3)17(12-24)4-5-18-19-6-7-21(25(19,2)9-8-20(18)26)22(30)13-29-14-23(27)28-16-29/h7,14,16-20,31H,4-6,8-13,15H2,1-3H3/t17-,18+,19+,20+,24-,25+,26-/m1/s1. The summed E-state index contributed by atoms with van der Waals surface area (Å²) in [6, 6.07) is 0. The van der Waals surface area contributed by atoms with Crippen molar-refractivity contribution in [3.05, 3.63) is 30.1 Å². The maximum Gasteiger partial charge on any atom is 0.230 e. The van der Waals surface area contributed by atoms with Gasteiger partial charge in [-0.05, 0) is 98.4 Å². The molecule has 176 valence electrons. The number of ether oxygens (including phenoxy) is 1. The van der Waals surface area contributed by atoms with Crippen LogP contribution in [-0.2, 0) is 16.1 Å². The van der Waals surface area contributed by atoms with E-state index in [0.717, 1.165) is 57.1 Å². The van der Waals surface area contributed by atoms with Crippen LogP contribution in [0.1, 0.15) is 65.2 Å². The average Bonchev–Trinajstić information content (AvgIpc) is 3.30. The van der Waals surface area contributed by atoms with Gasteiger partial charge in [-0.2, -0.15) is 4.39 Å². The van der Waals surface area contributed by atoms with Crippen LogP contribution in [0.4, 0.5) is 4.39 Å². The van der Waals surface area contributed by atoms with Crippen molar-refractivity contribution in [3.63, 3.8) is 0 Å². The van der Waals surface area contributed by atoms with Crippen molar-refractivity contribution in [2.75, 3.05) is 13.7 Å². The zero-order valence-electron chi connectivity index (χ0n) is 19.6. The van der Waals surface area contributed by atoms with Gasteiger partial charge in [0.1, 0.15) is 0 Å². The summed E-state index contributed by atoms with van der Waals surface area (Å²) >= 11 is 0. The molecule has 0 unspecified atom stereocenters. The molecule has 0 aromatic carbocycles. The summed E-state index contributed by atoms with van der Waals surface area (Å²) < 4.78 is 20.7. The second-order valence-electron chi connectivity index (χ2n) is 11.6. The summed E-state index contributed by atoms with van der Waals surface area (Å²) in [6.07, 6.45) is 13.1. The van der Waals surface area contributed by atoms with Crippen molar-refractivity contribution >= 4 is 5.78 Å². The van der Waals surface area contributed by atoms with Gasteiger partial charge in [-0.1, -0.05) is 13.0 Å². The van der Waals surface area contributed by atoms with Gasteiger partial charge in [-0.25, -0.2) is 4.98 Å². The third-order valence-corrected chi connectivity index (χ3v) is 9.87.